The summed E-state index contributed by atoms with van der Waals surface area (Å²) in [7, 11) is 0. The lowest BCUT2D eigenvalue weighted by atomic mass is 10.2. The molecule has 0 aliphatic heterocycles. The van der Waals surface area contributed by atoms with Crippen LogP contribution in [0.4, 0.5) is 4.39 Å². The zero-order valence-corrected chi connectivity index (χ0v) is 11.0. The van der Waals surface area contributed by atoms with Crippen LogP contribution in [0.5, 0.6) is 0 Å². The molecule has 1 amide bonds. The van der Waals surface area contributed by atoms with Crippen LogP contribution >= 0.6 is 0 Å². The van der Waals surface area contributed by atoms with Crippen molar-refractivity contribution in [1.82, 2.24) is 10.6 Å². The molecule has 0 fully saturated rings. The van der Waals surface area contributed by atoms with Crippen LogP contribution < -0.4 is 10.6 Å². The van der Waals surface area contributed by atoms with Crippen LogP contribution in [0.2, 0.25) is 0 Å². The van der Waals surface area contributed by atoms with E-state index in [1.165, 1.54) is 12.1 Å². The lowest BCUT2D eigenvalue weighted by molar-refractivity contribution is -0.121. The van der Waals surface area contributed by atoms with Gasteiger partial charge in [0.2, 0.25) is 5.91 Å². The van der Waals surface area contributed by atoms with E-state index in [0.717, 1.165) is 12.1 Å². The molecule has 0 spiro atoms. The van der Waals surface area contributed by atoms with Gasteiger partial charge in [-0.25, -0.2) is 4.39 Å². The molecule has 18 heavy (non-hydrogen) atoms. The number of hydrogen-bond acceptors (Lipinski definition) is 2. The van der Waals surface area contributed by atoms with Gasteiger partial charge < -0.3 is 10.6 Å². The molecule has 0 aromatic heterocycles. The zero-order valence-electron chi connectivity index (χ0n) is 11.0. The van der Waals surface area contributed by atoms with Gasteiger partial charge in [-0.2, -0.15) is 0 Å². The van der Waals surface area contributed by atoms with Crippen molar-refractivity contribution in [2.45, 2.75) is 26.8 Å². The Bertz CT molecular complexity index is 363. The number of nitrogens with one attached hydrogen (secondary N) is 2. The van der Waals surface area contributed by atoms with Crippen molar-refractivity contribution in [2.75, 3.05) is 13.1 Å². The second kappa shape index (κ2) is 7.82. The molecule has 1 aromatic carbocycles. The highest BCUT2D eigenvalue weighted by atomic mass is 19.1. The number of amides is 1. The maximum atomic E-state index is 12.7. The summed E-state index contributed by atoms with van der Waals surface area (Å²) in [5, 5.41) is 6.02. The molecule has 0 radical (unpaired) electrons. The first-order valence-corrected chi connectivity index (χ1v) is 6.30. The lowest BCUT2D eigenvalue weighted by Gasteiger charge is -2.08. The minimum absolute atomic E-state index is 0.0651. The molecule has 0 aliphatic carbocycles. The van der Waals surface area contributed by atoms with Crippen molar-refractivity contribution in [3.8, 4) is 0 Å². The Morgan fingerprint density at radius 2 is 1.94 bits per heavy atom. The number of carbonyl (C=O) groups is 1. The smallest absolute Gasteiger partial charge is 0.221 e. The first-order valence-electron chi connectivity index (χ1n) is 6.30. The number of rotatable bonds is 7. The first kappa shape index (κ1) is 14.6. The quantitative estimate of drug-likeness (QED) is 0.729. The van der Waals surface area contributed by atoms with Gasteiger partial charge in [0, 0.05) is 26.1 Å². The Morgan fingerprint density at radius 3 is 2.56 bits per heavy atom. The zero-order chi connectivity index (χ0) is 13.4. The van der Waals surface area contributed by atoms with E-state index in [1.54, 1.807) is 12.1 Å². The summed E-state index contributed by atoms with van der Waals surface area (Å²) in [5.74, 6) is 0.309. The van der Waals surface area contributed by atoms with E-state index in [4.69, 9.17) is 0 Å². The average Bonchev–Trinajstić information content (AvgIpc) is 2.34. The third kappa shape index (κ3) is 6.35. The third-order valence-electron chi connectivity index (χ3n) is 2.48. The SMILES string of the molecule is CC(C)CNC(=O)CCNCc1ccc(F)cc1. The van der Waals surface area contributed by atoms with Gasteiger partial charge >= 0.3 is 0 Å². The van der Waals surface area contributed by atoms with E-state index in [9.17, 15) is 9.18 Å². The van der Waals surface area contributed by atoms with Crippen LogP contribution in [-0.2, 0) is 11.3 Å². The number of benzene rings is 1. The van der Waals surface area contributed by atoms with E-state index < -0.39 is 0 Å². The monoisotopic (exact) mass is 252 g/mol. The second-order valence-corrected chi connectivity index (χ2v) is 4.75. The molecule has 0 saturated heterocycles. The Labute approximate surface area is 108 Å². The predicted molar refractivity (Wildman–Crippen MR) is 70.6 cm³/mol. The highest BCUT2D eigenvalue weighted by molar-refractivity contribution is 5.76. The largest absolute Gasteiger partial charge is 0.356 e. The Balaban J connectivity index is 2.11. The van der Waals surface area contributed by atoms with Gasteiger partial charge in [0.1, 0.15) is 5.82 Å². The Hall–Kier alpha value is -1.42. The van der Waals surface area contributed by atoms with Crippen LogP contribution in [0.1, 0.15) is 25.8 Å². The Morgan fingerprint density at radius 1 is 1.28 bits per heavy atom. The normalized spacial score (nSPS) is 10.7. The molecule has 0 heterocycles. The second-order valence-electron chi connectivity index (χ2n) is 4.75. The average molecular weight is 252 g/mol. The molecule has 100 valence electrons. The van der Waals surface area contributed by atoms with Crippen LogP contribution in [0.3, 0.4) is 0 Å². The molecular formula is C14H21FN2O. The van der Waals surface area contributed by atoms with E-state index >= 15 is 0 Å². The topological polar surface area (TPSA) is 41.1 Å². The van der Waals surface area contributed by atoms with Crippen molar-refractivity contribution >= 4 is 5.91 Å². The van der Waals surface area contributed by atoms with E-state index in [0.29, 0.717) is 25.4 Å². The fourth-order valence-electron chi connectivity index (χ4n) is 1.44. The molecule has 4 heteroatoms. The van der Waals surface area contributed by atoms with Crippen LogP contribution in [0, 0.1) is 11.7 Å². The highest BCUT2D eigenvalue weighted by Gasteiger charge is 2.01. The molecule has 0 atom stereocenters. The first-order chi connectivity index (χ1) is 8.58. The summed E-state index contributed by atoms with van der Waals surface area (Å²) < 4.78 is 12.7. The molecule has 3 nitrogen and oxygen atoms in total. The minimum atomic E-state index is -0.230. The molecule has 0 bridgehead atoms. The standard InChI is InChI=1S/C14H21FN2O/c1-11(2)9-17-14(18)7-8-16-10-12-3-5-13(15)6-4-12/h3-6,11,16H,7-10H2,1-2H3,(H,17,18). The van der Waals surface area contributed by atoms with Crippen LogP contribution in [0.15, 0.2) is 24.3 Å². The summed E-state index contributed by atoms with van der Waals surface area (Å²) in [4.78, 5) is 11.4. The summed E-state index contributed by atoms with van der Waals surface area (Å²) >= 11 is 0. The van der Waals surface area contributed by atoms with E-state index in [-0.39, 0.29) is 11.7 Å². The van der Waals surface area contributed by atoms with Crippen molar-refractivity contribution in [1.29, 1.82) is 0 Å². The van der Waals surface area contributed by atoms with Gasteiger partial charge in [-0.1, -0.05) is 26.0 Å². The molecule has 2 N–H and O–H groups in total. The van der Waals surface area contributed by atoms with Crippen LogP contribution in [0.25, 0.3) is 0 Å². The third-order valence-corrected chi connectivity index (χ3v) is 2.48. The summed E-state index contributed by atoms with van der Waals surface area (Å²) in [6, 6.07) is 6.35. The van der Waals surface area contributed by atoms with Gasteiger partial charge in [0.25, 0.3) is 0 Å². The molecule has 0 saturated carbocycles. The molecule has 0 aliphatic rings. The van der Waals surface area contributed by atoms with Gasteiger partial charge in [-0.05, 0) is 23.6 Å². The van der Waals surface area contributed by atoms with Crippen molar-refractivity contribution in [3.63, 3.8) is 0 Å². The van der Waals surface area contributed by atoms with Crippen LogP contribution in [-0.4, -0.2) is 19.0 Å². The minimum Gasteiger partial charge on any atom is -0.356 e. The van der Waals surface area contributed by atoms with Crippen molar-refractivity contribution in [3.05, 3.63) is 35.6 Å². The number of halogens is 1. The molecule has 1 aromatic rings. The lowest BCUT2D eigenvalue weighted by Crippen LogP contribution is -2.30. The molecule has 0 unspecified atom stereocenters. The Kier molecular flexibility index (Phi) is 6.36. The van der Waals surface area contributed by atoms with Gasteiger partial charge in [-0.15, -0.1) is 0 Å². The van der Waals surface area contributed by atoms with Crippen molar-refractivity contribution in [2.24, 2.45) is 5.92 Å². The number of hydrogen-bond donors (Lipinski definition) is 2. The molecule has 1 rings (SSSR count). The summed E-state index contributed by atoms with van der Waals surface area (Å²) in [5.41, 5.74) is 1.01. The highest BCUT2D eigenvalue weighted by Crippen LogP contribution is 2.01. The maximum Gasteiger partial charge on any atom is 0.221 e. The van der Waals surface area contributed by atoms with E-state index in [2.05, 4.69) is 24.5 Å². The summed E-state index contributed by atoms with van der Waals surface area (Å²) in [6.45, 7) is 6.12. The predicted octanol–water partition coefficient (Wildman–Crippen LogP) is 2.08. The van der Waals surface area contributed by atoms with E-state index in [1.807, 2.05) is 0 Å². The van der Waals surface area contributed by atoms with Gasteiger partial charge in [-0.3, -0.25) is 4.79 Å². The molecular weight excluding hydrogens is 231 g/mol. The maximum absolute atomic E-state index is 12.7. The fraction of sp³-hybridized carbons (Fsp3) is 0.500. The van der Waals surface area contributed by atoms with Gasteiger partial charge in [0.15, 0.2) is 0 Å². The number of carbonyl (C=O) groups excluding carboxylic acids is 1. The van der Waals surface area contributed by atoms with Gasteiger partial charge in [0.05, 0.1) is 0 Å². The summed E-state index contributed by atoms with van der Waals surface area (Å²) in [6.07, 6.45) is 0.466. The fourth-order valence-corrected chi connectivity index (χ4v) is 1.44. The van der Waals surface area contributed by atoms with Crippen molar-refractivity contribution < 1.29 is 9.18 Å².